The summed E-state index contributed by atoms with van der Waals surface area (Å²) in [6, 6.07) is 8.00. The lowest BCUT2D eigenvalue weighted by molar-refractivity contribution is 0.473. The van der Waals surface area contributed by atoms with Gasteiger partial charge in [0.2, 0.25) is 5.95 Å². The Morgan fingerprint density at radius 1 is 1.19 bits per heavy atom. The van der Waals surface area contributed by atoms with E-state index < -0.39 is 0 Å². The molecule has 7 heteroatoms. The Kier molecular flexibility index (Phi) is 4.51. The van der Waals surface area contributed by atoms with Crippen LogP contribution in [0.3, 0.4) is 0 Å². The predicted octanol–water partition coefficient (Wildman–Crippen LogP) is 2.39. The summed E-state index contributed by atoms with van der Waals surface area (Å²) in [6.07, 6.45) is 7.97. The van der Waals surface area contributed by atoms with Crippen molar-refractivity contribution >= 4 is 11.8 Å². The number of pyridine rings is 1. The van der Waals surface area contributed by atoms with Crippen LogP contribution in [0.25, 0.3) is 0 Å². The number of aryl methyl sites for hydroxylation is 1. The Bertz CT molecular complexity index is 854. The molecule has 0 spiro atoms. The molecule has 2 N–H and O–H groups in total. The summed E-state index contributed by atoms with van der Waals surface area (Å²) < 4.78 is 2.20. The number of anilines is 2. The maximum atomic E-state index is 5.83. The molecule has 1 aliphatic rings. The Labute approximate surface area is 152 Å². The van der Waals surface area contributed by atoms with Crippen LogP contribution in [0.1, 0.15) is 36.0 Å². The molecule has 0 saturated carbocycles. The molecule has 1 aliphatic heterocycles. The molecule has 3 aromatic rings. The van der Waals surface area contributed by atoms with Crippen molar-refractivity contribution in [3.8, 4) is 0 Å². The number of nitrogens with zero attached hydrogens (tertiary/aromatic N) is 6. The fourth-order valence-electron chi connectivity index (χ4n) is 3.61. The second kappa shape index (κ2) is 7.11. The lowest BCUT2D eigenvalue weighted by Gasteiger charge is -2.33. The molecule has 1 fully saturated rings. The molecule has 0 amide bonds. The highest BCUT2D eigenvalue weighted by Crippen LogP contribution is 2.29. The van der Waals surface area contributed by atoms with Crippen molar-refractivity contribution in [2.75, 3.05) is 23.7 Å². The minimum Gasteiger partial charge on any atom is -0.368 e. The van der Waals surface area contributed by atoms with E-state index in [1.807, 2.05) is 49.8 Å². The topological polar surface area (TPSA) is 85.8 Å². The highest BCUT2D eigenvalue weighted by molar-refractivity contribution is 5.44. The maximum Gasteiger partial charge on any atom is 0.222 e. The number of nitrogens with two attached hydrogens (primary N) is 1. The van der Waals surface area contributed by atoms with E-state index in [9.17, 15) is 0 Å². The highest BCUT2D eigenvalue weighted by Gasteiger charge is 2.26. The number of piperidine rings is 1. The molecule has 4 rings (SSSR count). The SMILES string of the molecule is Cc1cc(N2CCCC(c3nccn3Cc3ccccn3)C2)nc(N)n1. The van der Waals surface area contributed by atoms with Gasteiger partial charge in [0.25, 0.3) is 0 Å². The zero-order valence-corrected chi connectivity index (χ0v) is 14.9. The maximum absolute atomic E-state index is 5.83. The van der Waals surface area contributed by atoms with Gasteiger partial charge in [-0.15, -0.1) is 0 Å². The van der Waals surface area contributed by atoms with E-state index in [2.05, 4.69) is 29.4 Å². The third-order valence-corrected chi connectivity index (χ3v) is 4.77. The van der Waals surface area contributed by atoms with Gasteiger partial charge in [-0.1, -0.05) is 6.07 Å². The summed E-state index contributed by atoms with van der Waals surface area (Å²) in [6.45, 7) is 4.55. The molecule has 134 valence electrons. The van der Waals surface area contributed by atoms with Gasteiger partial charge < -0.3 is 15.2 Å². The molecule has 0 aliphatic carbocycles. The van der Waals surface area contributed by atoms with Crippen LogP contribution < -0.4 is 10.6 Å². The minimum atomic E-state index is 0.332. The monoisotopic (exact) mass is 349 g/mol. The first-order valence-corrected chi connectivity index (χ1v) is 8.96. The standard InChI is InChI=1S/C19H23N7/c1-14-11-17(24-19(20)23-14)25-9-4-5-15(12-25)18-22-8-10-26(18)13-16-6-2-3-7-21-16/h2-3,6-8,10-11,15H,4-5,9,12-13H2,1H3,(H2,20,23,24). The van der Waals surface area contributed by atoms with Crippen LogP contribution in [0.5, 0.6) is 0 Å². The Hall–Kier alpha value is -2.96. The summed E-state index contributed by atoms with van der Waals surface area (Å²) in [4.78, 5) is 20.0. The van der Waals surface area contributed by atoms with Gasteiger partial charge in [0.05, 0.1) is 12.2 Å². The second-order valence-electron chi connectivity index (χ2n) is 6.75. The summed E-state index contributed by atoms with van der Waals surface area (Å²) in [7, 11) is 0. The van der Waals surface area contributed by atoms with E-state index >= 15 is 0 Å². The number of hydrogen-bond acceptors (Lipinski definition) is 6. The fraction of sp³-hybridized carbons (Fsp3) is 0.368. The van der Waals surface area contributed by atoms with E-state index in [1.54, 1.807) is 0 Å². The third kappa shape index (κ3) is 3.51. The van der Waals surface area contributed by atoms with Gasteiger partial charge in [0, 0.05) is 49.4 Å². The first kappa shape index (κ1) is 16.5. The summed E-state index contributed by atoms with van der Waals surface area (Å²) >= 11 is 0. The van der Waals surface area contributed by atoms with Crippen LogP contribution in [0.15, 0.2) is 42.9 Å². The molecule has 3 aromatic heterocycles. The number of rotatable bonds is 4. The number of nitrogen functional groups attached to an aromatic ring is 1. The third-order valence-electron chi connectivity index (χ3n) is 4.77. The van der Waals surface area contributed by atoms with Crippen molar-refractivity contribution in [1.82, 2.24) is 24.5 Å². The molecule has 1 atom stereocenters. The quantitative estimate of drug-likeness (QED) is 0.778. The zero-order valence-electron chi connectivity index (χ0n) is 14.9. The normalized spacial score (nSPS) is 17.4. The first-order valence-electron chi connectivity index (χ1n) is 8.96. The smallest absolute Gasteiger partial charge is 0.222 e. The molecule has 1 saturated heterocycles. The van der Waals surface area contributed by atoms with Crippen LogP contribution in [-0.2, 0) is 6.54 Å². The average molecular weight is 349 g/mol. The zero-order chi connectivity index (χ0) is 17.9. The molecular formula is C19H23N7. The summed E-state index contributed by atoms with van der Waals surface area (Å²) in [5.74, 6) is 2.71. The van der Waals surface area contributed by atoms with Crippen molar-refractivity contribution < 1.29 is 0 Å². The molecule has 0 bridgehead atoms. The minimum absolute atomic E-state index is 0.332. The molecule has 0 radical (unpaired) electrons. The van der Waals surface area contributed by atoms with Crippen LogP contribution in [0.4, 0.5) is 11.8 Å². The Morgan fingerprint density at radius 2 is 2.12 bits per heavy atom. The largest absolute Gasteiger partial charge is 0.368 e. The van der Waals surface area contributed by atoms with E-state index in [0.717, 1.165) is 55.5 Å². The van der Waals surface area contributed by atoms with Crippen molar-refractivity contribution in [3.63, 3.8) is 0 Å². The van der Waals surface area contributed by atoms with Gasteiger partial charge in [-0.05, 0) is 31.9 Å². The van der Waals surface area contributed by atoms with E-state index in [1.165, 1.54) is 0 Å². The molecular weight excluding hydrogens is 326 g/mol. The lowest BCUT2D eigenvalue weighted by Crippen LogP contribution is -2.36. The average Bonchev–Trinajstić information content (AvgIpc) is 3.10. The Morgan fingerprint density at radius 3 is 2.92 bits per heavy atom. The number of aromatic nitrogens is 5. The summed E-state index contributed by atoms with van der Waals surface area (Å²) in [5, 5.41) is 0. The first-order chi connectivity index (χ1) is 12.7. The van der Waals surface area contributed by atoms with Gasteiger partial charge in [-0.2, -0.15) is 4.98 Å². The van der Waals surface area contributed by atoms with Crippen molar-refractivity contribution in [1.29, 1.82) is 0 Å². The molecule has 26 heavy (non-hydrogen) atoms. The molecule has 7 nitrogen and oxygen atoms in total. The van der Waals surface area contributed by atoms with Gasteiger partial charge >= 0.3 is 0 Å². The van der Waals surface area contributed by atoms with Gasteiger partial charge in [0.1, 0.15) is 11.6 Å². The summed E-state index contributed by atoms with van der Waals surface area (Å²) in [5.41, 5.74) is 7.77. The van der Waals surface area contributed by atoms with Crippen LogP contribution in [0, 0.1) is 6.92 Å². The van der Waals surface area contributed by atoms with Gasteiger partial charge in [-0.3, -0.25) is 4.98 Å². The van der Waals surface area contributed by atoms with Crippen LogP contribution in [0.2, 0.25) is 0 Å². The second-order valence-corrected chi connectivity index (χ2v) is 6.75. The number of imidazole rings is 1. The van der Waals surface area contributed by atoms with Gasteiger partial charge in [0.15, 0.2) is 0 Å². The Balaban J connectivity index is 1.54. The van der Waals surface area contributed by atoms with E-state index in [-0.39, 0.29) is 0 Å². The van der Waals surface area contributed by atoms with Crippen LogP contribution in [-0.4, -0.2) is 37.6 Å². The predicted molar refractivity (Wildman–Crippen MR) is 101 cm³/mol. The van der Waals surface area contributed by atoms with Crippen molar-refractivity contribution in [2.24, 2.45) is 0 Å². The van der Waals surface area contributed by atoms with E-state index in [4.69, 9.17) is 5.73 Å². The van der Waals surface area contributed by atoms with Crippen molar-refractivity contribution in [3.05, 3.63) is 60.1 Å². The van der Waals surface area contributed by atoms with Crippen LogP contribution >= 0.6 is 0 Å². The van der Waals surface area contributed by atoms with E-state index in [0.29, 0.717) is 11.9 Å². The highest BCUT2D eigenvalue weighted by atomic mass is 15.2. The number of hydrogen-bond donors (Lipinski definition) is 1. The van der Waals surface area contributed by atoms with Crippen molar-refractivity contribution in [2.45, 2.75) is 32.2 Å². The molecule has 4 heterocycles. The fourth-order valence-corrected chi connectivity index (χ4v) is 3.61. The van der Waals surface area contributed by atoms with Gasteiger partial charge in [-0.25, -0.2) is 9.97 Å². The molecule has 0 aromatic carbocycles. The lowest BCUT2D eigenvalue weighted by atomic mass is 9.97. The molecule has 1 unspecified atom stereocenters.